The molecule has 1 aliphatic heterocycles. The molecule has 1 atom stereocenters. The Balaban J connectivity index is 1.82. The van der Waals surface area contributed by atoms with E-state index in [1.165, 1.54) is 4.31 Å². The first-order chi connectivity index (χ1) is 9.98. The van der Waals surface area contributed by atoms with Crippen LogP contribution in [0.5, 0.6) is 0 Å². The quantitative estimate of drug-likeness (QED) is 0.857. The molecule has 1 aromatic heterocycles. The van der Waals surface area contributed by atoms with Crippen molar-refractivity contribution in [3.8, 4) is 0 Å². The maximum Gasteiger partial charge on any atom is 0.243 e. The van der Waals surface area contributed by atoms with Gasteiger partial charge in [0.05, 0.1) is 4.90 Å². The second kappa shape index (κ2) is 5.23. The van der Waals surface area contributed by atoms with E-state index in [1.807, 2.05) is 30.7 Å². The Morgan fingerprint density at radius 1 is 1.24 bits per heavy atom. The van der Waals surface area contributed by atoms with E-state index in [1.54, 1.807) is 18.5 Å². The van der Waals surface area contributed by atoms with Crippen LogP contribution in [0.4, 0.5) is 0 Å². The van der Waals surface area contributed by atoms with E-state index in [2.05, 4.69) is 10.2 Å². The number of aromatic nitrogens is 3. The van der Waals surface area contributed by atoms with Crippen LogP contribution in [0, 0.1) is 6.92 Å². The number of rotatable bonds is 3. The van der Waals surface area contributed by atoms with Gasteiger partial charge in [-0.3, -0.25) is 0 Å². The van der Waals surface area contributed by atoms with Crippen molar-refractivity contribution in [2.24, 2.45) is 7.05 Å². The number of aryl methyl sites for hydroxylation is 2. The second-order valence-electron chi connectivity index (χ2n) is 5.46. The molecule has 0 aliphatic carbocycles. The zero-order chi connectivity index (χ0) is 15.0. The molecule has 1 unspecified atom stereocenters. The standard InChI is InChI=1S/C14H18N4O2S/c1-11-3-5-13(6-4-11)21(19,20)18-8-7-12(9-18)14-16-15-10-17(14)2/h3-6,10,12H,7-9H2,1-2H3. The van der Waals surface area contributed by atoms with Gasteiger partial charge in [-0.05, 0) is 25.5 Å². The Labute approximate surface area is 124 Å². The van der Waals surface area contributed by atoms with Gasteiger partial charge in [0.25, 0.3) is 0 Å². The third kappa shape index (κ3) is 2.58. The van der Waals surface area contributed by atoms with Gasteiger partial charge in [0, 0.05) is 26.1 Å². The number of benzene rings is 1. The SMILES string of the molecule is Cc1ccc(S(=O)(=O)N2CCC(c3nncn3C)C2)cc1. The topological polar surface area (TPSA) is 68.1 Å². The molecule has 21 heavy (non-hydrogen) atoms. The van der Waals surface area contributed by atoms with Gasteiger partial charge in [0.2, 0.25) is 10.0 Å². The summed E-state index contributed by atoms with van der Waals surface area (Å²) in [5.41, 5.74) is 1.05. The third-order valence-electron chi connectivity index (χ3n) is 3.92. The lowest BCUT2D eigenvalue weighted by Gasteiger charge is -2.16. The van der Waals surface area contributed by atoms with Crippen molar-refractivity contribution in [1.82, 2.24) is 19.1 Å². The van der Waals surface area contributed by atoms with Crippen molar-refractivity contribution in [1.29, 1.82) is 0 Å². The van der Waals surface area contributed by atoms with Gasteiger partial charge in [0.1, 0.15) is 12.2 Å². The Morgan fingerprint density at radius 3 is 2.57 bits per heavy atom. The Hall–Kier alpha value is -1.73. The molecule has 2 heterocycles. The number of sulfonamides is 1. The molecule has 0 radical (unpaired) electrons. The van der Waals surface area contributed by atoms with Gasteiger partial charge >= 0.3 is 0 Å². The van der Waals surface area contributed by atoms with Gasteiger partial charge in [-0.1, -0.05) is 17.7 Å². The highest BCUT2D eigenvalue weighted by Gasteiger charge is 2.34. The molecule has 0 spiro atoms. The first-order valence-corrected chi connectivity index (χ1v) is 8.33. The fraction of sp³-hybridized carbons (Fsp3) is 0.429. The third-order valence-corrected chi connectivity index (χ3v) is 5.80. The average Bonchev–Trinajstić information content (AvgIpc) is 3.07. The number of hydrogen-bond donors (Lipinski definition) is 0. The molecule has 7 heteroatoms. The summed E-state index contributed by atoms with van der Waals surface area (Å²) in [7, 11) is -1.53. The first-order valence-electron chi connectivity index (χ1n) is 6.89. The molecule has 1 aromatic carbocycles. The summed E-state index contributed by atoms with van der Waals surface area (Å²) in [4.78, 5) is 0.353. The summed E-state index contributed by atoms with van der Waals surface area (Å²) in [6.07, 6.45) is 2.42. The zero-order valence-corrected chi connectivity index (χ0v) is 12.9. The zero-order valence-electron chi connectivity index (χ0n) is 12.1. The van der Waals surface area contributed by atoms with Crippen LogP contribution in [0.15, 0.2) is 35.5 Å². The van der Waals surface area contributed by atoms with Crippen LogP contribution in [-0.4, -0.2) is 40.6 Å². The fourth-order valence-electron chi connectivity index (χ4n) is 2.68. The van der Waals surface area contributed by atoms with Crippen LogP contribution in [0.2, 0.25) is 0 Å². The molecule has 6 nitrogen and oxygen atoms in total. The molecular formula is C14H18N4O2S. The predicted octanol–water partition coefficient (Wildman–Crippen LogP) is 1.30. The monoisotopic (exact) mass is 306 g/mol. The molecule has 0 amide bonds. The van der Waals surface area contributed by atoms with E-state index in [0.717, 1.165) is 17.8 Å². The highest BCUT2D eigenvalue weighted by Crippen LogP contribution is 2.29. The van der Waals surface area contributed by atoms with Crippen LogP contribution in [0.25, 0.3) is 0 Å². The molecule has 0 N–H and O–H groups in total. The molecule has 112 valence electrons. The van der Waals surface area contributed by atoms with Gasteiger partial charge in [-0.2, -0.15) is 4.31 Å². The summed E-state index contributed by atoms with van der Waals surface area (Å²) in [5.74, 6) is 0.953. The summed E-state index contributed by atoms with van der Waals surface area (Å²) < 4.78 is 28.7. The molecule has 1 saturated heterocycles. The van der Waals surface area contributed by atoms with Crippen LogP contribution in [0.3, 0.4) is 0 Å². The highest BCUT2D eigenvalue weighted by molar-refractivity contribution is 7.89. The Kier molecular flexibility index (Phi) is 3.54. The highest BCUT2D eigenvalue weighted by atomic mass is 32.2. The van der Waals surface area contributed by atoms with Crippen molar-refractivity contribution in [2.75, 3.05) is 13.1 Å². The predicted molar refractivity (Wildman–Crippen MR) is 78.3 cm³/mol. The maximum absolute atomic E-state index is 12.6. The minimum absolute atomic E-state index is 0.109. The van der Waals surface area contributed by atoms with Gasteiger partial charge in [0.15, 0.2) is 0 Å². The van der Waals surface area contributed by atoms with Gasteiger partial charge in [-0.15, -0.1) is 10.2 Å². The molecular weight excluding hydrogens is 288 g/mol. The second-order valence-corrected chi connectivity index (χ2v) is 7.40. The van der Waals surface area contributed by atoms with E-state index in [4.69, 9.17) is 0 Å². The molecule has 0 saturated carbocycles. The Morgan fingerprint density at radius 2 is 1.95 bits per heavy atom. The normalized spacial score (nSPS) is 20.0. The average molecular weight is 306 g/mol. The van der Waals surface area contributed by atoms with Crippen LogP contribution in [0.1, 0.15) is 23.7 Å². The first kappa shape index (κ1) is 14.2. The summed E-state index contributed by atoms with van der Waals surface area (Å²) >= 11 is 0. The van der Waals surface area contributed by atoms with Crippen molar-refractivity contribution in [2.45, 2.75) is 24.2 Å². The lowest BCUT2D eigenvalue weighted by Crippen LogP contribution is -2.28. The summed E-state index contributed by atoms with van der Waals surface area (Å²) in [6.45, 7) is 2.92. The minimum atomic E-state index is -3.42. The van der Waals surface area contributed by atoms with Gasteiger partial charge < -0.3 is 4.57 Å². The van der Waals surface area contributed by atoms with Crippen molar-refractivity contribution < 1.29 is 8.42 Å². The Bertz CT molecular complexity index is 737. The van der Waals surface area contributed by atoms with E-state index in [-0.39, 0.29) is 5.92 Å². The lowest BCUT2D eigenvalue weighted by molar-refractivity contribution is 0.470. The molecule has 3 rings (SSSR count). The maximum atomic E-state index is 12.6. The van der Waals surface area contributed by atoms with E-state index >= 15 is 0 Å². The largest absolute Gasteiger partial charge is 0.320 e. The van der Waals surface area contributed by atoms with Crippen molar-refractivity contribution in [3.05, 3.63) is 42.0 Å². The van der Waals surface area contributed by atoms with Crippen molar-refractivity contribution in [3.63, 3.8) is 0 Å². The van der Waals surface area contributed by atoms with E-state index in [0.29, 0.717) is 18.0 Å². The molecule has 0 bridgehead atoms. The summed E-state index contributed by atoms with van der Waals surface area (Å²) in [5, 5.41) is 7.96. The minimum Gasteiger partial charge on any atom is -0.320 e. The van der Waals surface area contributed by atoms with E-state index in [9.17, 15) is 8.42 Å². The summed E-state index contributed by atoms with van der Waals surface area (Å²) in [6, 6.07) is 6.98. The molecule has 1 fully saturated rings. The molecule has 1 aliphatic rings. The fourth-order valence-corrected chi connectivity index (χ4v) is 4.18. The van der Waals surface area contributed by atoms with Crippen LogP contribution < -0.4 is 0 Å². The van der Waals surface area contributed by atoms with Crippen molar-refractivity contribution >= 4 is 10.0 Å². The van der Waals surface area contributed by atoms with Crippen LogP contribution in [-0.2, 0) is 17.1 Å². The number of hydrogen-bond acceptors (Lipinski definition) is 4. The number of nitrogens with zero attached hydrogens (tertiary/aromatic N) is 4. The smallest absolute Gasteiger partial charge is 0.243 e. The van der Waals surface area contributed by atoms with Crippen LogP contribution >= 0.6 is 0 Å². The van der Waals surface area contributed by atoms with E-state index < -0.39 is 10.0 Å². The molecule has 2 aromatic rings. The lowest BCUT2D eigenvalue weighted by atomic mass is 10.1. The van der Waals surface area contributed by atoms with Gasteiger partial charge in [-0.25, -0.2) is 8.42 Å².